The number of thiazole rings is 1. The van der Waals surface area contributed by atoms with Gasteiger partial charge >= 0.3 is 0 Å². The number of hydrogen-bond acceptors (Lipinski definition) is 6. The molecule has 3 aromatic rings. The van der Waals surface area contributed by atoms with Crippen molar-refractivity contribution in [1.82, 2.24) is 14.6 Å². The summed E-state index contributed by atoms with van der Waals surface area (Å²) in [6.45, 7) is 0.219. The number of anilines is 1. The van der Waals surface area contributed by atoms with Crippen LogP contribution in [0.4, 0.5) is 5.13 Å². The van der Waals surface area contributed by atoms with E-state index in [4.69, 9.17) is 0 Å². The average Bonchev–Trinajstić information content (AvgIpc) is 3.10. The molecule has 0 atom stereocenters. The molecule has 1 fully saturated rings. The van der Waals surface area contributed by atoms with Crippen molar-refractivity contribution < 1.29 is 18.0 Å². The van der Waals surface area contributed by atoms with Gasteiger partial charge in [-0.05, 0) is 30.3 Å². The topological polar surface area (TPSA) is 108 Å². The van der Waals surface area contributed by atoms with Gasteiger partial charge in [0.15, 0.2) is 5.13 Å². The fourth-order valence-electron chi connectivity index (χ4n) is 2.86. The SMILES string of the molecule is O=C1CN(S(=O)(=O)c2cccc(C(=O)Nc3nc4ccccc4s3)c2)CCN1. The molecule has 0 unspecified atom stereocenters. The smallest absolute Gasteiger partial charge is 0.257 e. The van der Waals surface area contributed by atoms with E-state index in [1.54, 1.807) is 0 Å². The molecule has 2 aromatic carbocycles. The first-order valence-corrected chi connectivity index (χ1v) is 10.7. The van der Waals surface area contributed by atoms with E-state index >= 15 is 0 Å². The standard InChI is InChI=1S/C18H16N4O4S2/c23-16-11-22(9-8-19-16)28(25,26)13-5-3-4-12(10-13)17(24)21-18-20-14-6-1-2-7-15(14)27-18/h1-7,10H,8-9,11H2,(H,19,23)(H,20,21,24). The maximum Gasteiger partial charge on any atom is 0.257 e. The summed E-state index contributed by atoms with van der Waals surface area (Å²) in [6, 6.07) is 13.3. The molecule has 2 amide bonds. The van der Waals surface area contributed by atoms with E-state index in [1.807, 2.05) is 24.3 Å². The molecule has 1 saturated heterocycles. The van der Waals surface area contributed by atoms with Crippen molar-refractivity contribution in [2.24, 2.45) is 0 Å². The lowest BCUT2D eigenvalue weighted by Crippen LogP contribution is -2.49. The van der Waals surface area contributed by atoms with Crippen molar-refractivity contribution in [3.05, 3.63) is 54.1 Å². The normalized spacial score (nSPS) is 15.4. The van der Waals surface area contributed by atoms with Gasteiger partial charge in [-0.25, -0.2) is 13.4 Å². The number of hydrogen-bond donors (Lipinski definition) is 2. The highest BCUT2D eigenvalue weighted by molar-refractivity contribution is 7.89. The molecule has 2 heterocycles. The summed E-state index contributed by atoms with van der Waals surface area (Å²) >= 11 is 1.34. The van der Waals surface area contributed by atoms with Gasteiger partial charge in [0.1, 0.15) is 0 Å². The van der Waals surface area contributed by atoms with Gasteiger partial charge in [-0.3, -0.25) is 14.9 Å². The molecule has 0 aliphatic carbocycles. The summed E-state index contributed by atoms with van der Waals surface area (Å²) in [6.07, 6.45) is 0. The Bertz CT molecular complexity index is 1140. The van der Waals surface area contributed by atoms with Gasteiger partial charge in [0.05, 0.1) is 21.7 Å². The summed E-state index contributed by atoms with van der Waals surface area (Å²) < 4.78 is 27.6. The van der Waals surface area contributed by atoms with E-state index in [2.05, 4.69) is 15.6 Å². The molecule has 0 saturated carbocycles. The van der Waals surface area contributed by atoms with Crippen LogP contribution in [0.1, 0.15) is 10.4 Å². The average molecular weight is 416 g/mol. The third-order valence-electron chi connectivity index (χ3n) is 4.25. The minimum atomic E-state index is -3.86. The summed E-state index contributed by atoms with van der Waals surface area (Å²) in [7, 11) is -3.86. The molecular weight excluding hydrogens is 400 g/mol. The summed E-state index contributed by atoms with van der Waals surface area (Å²) in [5, 5.41) is 5.73. The lowest BCUT2D eigenvalue weighted by Gasteiger charge is -2.26. The number of rotatable bonds is 4. The number of amides is 2. The summed E-state index contributed by atoms with van der Waals surface area (Å²) in [5.74, 6) is -0.799. The Morgan fingerprint density at radius 1 is 1.18 bits per heavy atom. The van der Waals surface area contributed by atoms with Crippen LogP contribution in [0.25, 0.3) is 10.2 Å². The van der Waals surface area contributed by atoms with Crippen LogP contribution in [0.5, 0.6) is 0 Å². The van der Waals surface area contributed by atoms with E-state index in [-0.39, 0.29) is 36.0 Å². The van der Waals surface area contributed by atoms with Crippen molar-refractivity contribution in [2.75, 3.05) is 25.0 Å². The Morgan fingerprint density at radius 3 is 2.79 bits per heavy atom. The Hall–Kier alpha value is -2.82. The van der Waals surface area contributed by atoms with Gasteiger partial charge in [-0.15, -0.1) is 0 Å². The van der Waals surface area contributed by atoms with Crippen LogP contribution in [0.3, 0.4) is 0 Å². The van der Waals surface area contributed by atoms with E-state index in [9.17, 15) is 18.0 Å². The first-order valence-electron chi connectivity index (χ1n) is 8.47. The number of carbonyl (C=O) groups excluding carboxylic acids is 2. The summed E-state index contributed by atoms with van der Waals surface area (Å²) in [4.78, 5) is 28.4. The van der Waals surface area contributed by atoms with Crippen LogP contribution in [0.15, 0.2) is 53.4 Å². The van der Waals surface area contributed by atoms with Crippen LogP contribution in [0.2, 0.25) is 0 Å². The molecule has 1 aliphatic rings. The first-order chi connectivity index (χ1) is 13.4. The number of piperazine rings is 1. The van der Waals surface area contributed by atoms with Gasteiger partial charge < -0.3 is 5.32 Å². The molecule has 2 N–H and O–H groups in total. The zero-order valence-corrected chi connectivity index (χ0v) is 16.2. The van der Waals surface area contributed by atoms with Gasteiger partial charge in [0, 0.05) is 18.7 Å². The first kappa shape index (κ1) is 18.5. The minimum Gasteiger partial charge on any atom is -0.354 e. The monoisotopic (exact) mass is 416 g/mol. The molecule has 0 spiro atoms. The zero-order valence-electron chi connectivity index (χ0n) is 14.6. The number of aromatic nitrogens is 1. The quantitative estimate of drug-likeness (QED) is 0.673. The molecule has 10 heteroatoms. The Kier molecular flexibility index (Phi) is 4.84. The van der Waals surface area contributed by atoms with Crippen LogP contribution in [0, 0.1) is 0 Å². The molecule has 0 bridgehead atoms. The predicted octanol–water partition coefficient (Wildman–Crippen LogP) is 1.67. The van der Waals surface area contributed by atoms with Gasteiger partial charge in [-0.2, -0.15) is 4.31 Å². The molecule has 144 valence electrons. The number of para-hydroxylation sites is 1. The Balaban J connectivity index is 1.57. The van der Waals surface area contributed by atoms with Gasteiger partial charge in [-0.1, -0.05) is 29.5 Å². The number of sulfonamides is 1. The van der Waals surface area contributed by atoms with E-state index in [0.29, 0.717) is 5.13 Å². The highest BCUT2D eigenvalue weighted by Gasteiger charge is 2.29. The van der Waals surface area contributed by atoms with Gasteiger partial charge in [0.2, 0.25) is 15.9 Å². The predicted molar refractivity (Wildman–Crippen MR) is 106 cm³/mol. The number of nitrogens with zero attached hydrogens (tertiary/aromatic N) is 2. The van der Waals surface area contributed by atoms with Crippen molar-refractivity contribution in [2.45, 2.75) is 4.90 Å². The zero-order chi connectivity index (χ0) is 19.7. The maximum absolute atomic E-state index is 12.8. The summed E-state index contributed by atoms with van der Waals surface area (Å²) in [5.41, 5.74) is 0.976. The van der Waals surface area contributed by atoms with Crippen molar-refractivity contribution in [3.8, 4) is 0 Å². The van der Waals surface area contributed by atoms with Crippen molar-refractivity contribution in [1.29, 1.82) is 0 Å². The third-order valence-corrected chi connectivity index (χ3v) is 7.04. The van der Waals surface area contributed by atoms with Gasteiger partial charge in [0.25, 0.3) is 5.91 Å². The second kappa shape index (κ2) is 7.30. The minimum absolute atomic E-state index is 0.0286. The maximum atomic E-state index is 12.8. The van der Waals surface area contributed by atoms with Crippen LogP contribution < -0.4 is 10.6 Å². The Labute approximate surface area is 165 Å². The highest BCUT2D eigenvalue weighted by atomic mass is 32.2. The molecule has 0 radical (unpaired) electrons. The largest absolute Gasteiger partial charge is 0.354 e. The Morgan fingerprint density at radius 2 is 2.00 bits per heavy atom. The van der Waals surface area contributed by atoms with Crippen molar-refractivity contribution >= 4 is 48.5 Å². The second-order valence-corrected chi connectivity index (χ2v) is 9.13. The molecule has 4 rings (SSSR count). The second-order valence-electron chi connectivity index (χ2n) is 6.16. The number of nitrogens with one attached hydrogen (secondary N) is 2. The highest BCUT2D eigenvalue weighted by Crippen LogP contribution is 2.26. The molecule has 1 aliphatic heterocycles. The molecule has 8 nitrogen and oxygen atoms in total. The number of benzene rings is 2. The van der Waals surface area contributed by atoms with E-state index < -0.39 is 15.9 Å². The number of fused-ring (bicyclic) bond motifs is 1. The molecule has 1 aromatic heterocycles. The van der Waals surface area contributed by atoms with E-state index in [1.165, 1.54) is 35.6 Å². The van der Waals surface area contributed by atoms with E-state index in [0.717, 1.165) is 14.5 Å². The van der Waals surface area contributed by atoms with Crippen LogP contribution in [-0.2, 0) is 14.8 Å². The van der Waals surface area contributed by atoms with Crippen LogP contribution >= 0.6 is 11.3 Å². The number of carbonyl (C=O) groups is 2. The molecule has 28 heavy (non-hydrogen) atoms. The fourth-order valence-corrected chi connectivity index (χ4v) is 5.17. The third kappa shape index (κ3) is 3.61. The van der Waals surface area contributed by atoms with Crippen LogP contribution in [-0.4, -0.2) is 49.2 Å². The lowest BCUT2D eigenvalue weighted by atomic mass is 10.2. The molecular formula is C18H16N4O4S2. The lowest BCUT2D eigenvalue weighted by molar-refractivity contribution is -0.122. The fraction of sp³-hybridized carbons (Fsp3) is 0.167. The van der Waals surface area contributed by atoms with Crippen molar-refractivity contribution in [3.63, 3.8) is 0 Å².